The van der Waals surface area contributed by atoms with Gasteiger partial charge in [-0.1, -0.05) is 38.1 Å². The average molecular weight is 453 g/mol. The molecular weight excluding hydrogens is 431 g/mol. The zero-order valence-electron chi connectivity index (χ0n) is 16.3. The van der Waals surface area contributed by atoms with Crippen LogP contribution in [0.5, 0.6) is 11.5 Å². The van der Waals surface area contributed by atoms with Crippen molar-refractivity contribution < 1.29 is 36.5 Å². The molecule has 0 heterocycles. The molecule has 0 aliphatic carbocycles. The largest absolute Gasteiger partial charge is 0.491 e. The van der Waals surface area contributed by atoms with E-state index in [0.717, 1.165) is 11.1 Å². The SMILES string of the molecule is CC(C)(c1ccc(OC[C@H](O)CCl)cc1)c1ccc(OCC(F)(F)C(F)(F)F)cc1. The summed E-state index contributed by atoms with van der Waals surface area (Å²) < 4.78 is 72.7. The van der Waals surface area contributed by atoms with Crippen molar-refractivity contribution in [3.63, 3.8) is 0 Å². The van der Waals surface area contributed by atoms with E-state index in [2.05, 4.69) is 4.74 Å². The lowest BCUT2D eigenvalue weighted by Gasteiger charge is -2.27. The topological polar surface area (TPSA) is 38.7 Å². The van der Waals surface area contributed by atoms with Gasteiger partial charge in [0.25, 0.3) is 0 Å². The second-order valence-electron chi connectivity index (χ2n) is 7.28. The highest BCUT2D eigenvalue weighted by Gasteiger charge is 2.58. The zero-order valence-corrected chi connectivity index (χ0v) is 17.1. The van der Waals surface area contributed by atoms with Gasteiger partial charge >= 0.3 is 12.1 Å². The molecule has 9 heteroatoms. The summed E-state index contributed by atoms with van der Waals surface area (Å²) in [7, 11) is 0. The summed E-state index contributed by atoms with van der Waals surface area (Å²) in [4.78, 5) is 0. The molecule has 0 bridgehead atoms. The minimum absolute atomic E-state index is 0.0681. The van der Waals surface area contributed by atoms with Crippen molar-refractivity contribution in [2.75, 3.05) is 19.1 Å². The molecule has 2 aromatic rings. The van der Waals surface area contributed by atoms with E-state index in [1.54, 1.807) is 24.3 Å². The van der Waals surface area contributed by atoms with Crippen LogP contribution in [0.25, 0.3) is 0 Å². The summed E-state index contributed by atoms with van der Waals surface area (Å²) in [5.74, 6) is -4.37. The van der Waals surface area contributed by atoms with Gasteiger partial charge in [-0.3, -0.25) is 0 Å². The van der Waals surface area contributed by atoms with Crippen LogP contribution >= 0.6 is 11.6 Å². The Kier molecular flexibility index (Phi) is 7.58. The molecule has 0 unspecified atom stereocenters. The maximum Gasteiger partial charge on any atom is 0.456 e. The molecule has 2 aromatic carbocycles. The predicted molar refractivity (Wildman–Crippen MR) is 104 cm³/mol. The number of hydrogen-bond acceptors (Lipinski definition) is 3. The van der Waals surface area contributed by atoms with Crippen LogP contribution in [0, 0.1) is 0 Å². The van der Waals surface area contributed by atoms with E-state index in [1.807, 2.05) is 26.0 Å². The zero-order chi connectivity index (χ0) is 22.6. The fourth-order valence-electron chi connectivity index (χ4n) is 2.60. The van der Waals surface area contributed by atoms with Crippen LogP contribution in [-0.4, -0.2) is 42.4 Å². The third-order valence-electron chi connectivity index (χ3n) is 4.61. The van der Waals surface area contributed by atoms with Gasteiger partial charge in [-0.2, -0.15) is 22.0 Å². The molecule has 0 fully saturated rings. The second-order valence-corrected chi connectivity index (χ2v) is 7.59. The van der Waals surface area contributed by atoms with Gasteiger partial charge in [-0.25, -0.2) is 0 Å². The first-order chi connectivity index (χ1) is 13.9. The molecule has 0 spiro atoms. The average Bonchev–Trinajstić information content (AvgIpc) is 2.70. The van der Waals surface area contributed by atoms with Crippen molar-refractivity contribution >= 4 is 11.6 Å². The molecule has 0 saturated heterocycles. The monoisotopic (exact) mass is 452 g/mol. The van der Waals surface area contributed by atoms with Crippen LogP contribution in [-0.2, 0) is 5.41 Å². The molecule has 166 valence electrons. The molecule has 0 aromatic heterocycles. The van der Waals surface area contributed by atoms with E-state index < -0.39 is 30.2 Å². The van der Waals surface area contributed by atoms with E-state index in [0.29, 0.717) is 5.75 Å². The fraction of sp³-hybridized carbons (Fsp3) is 0.429. The minimum Gasteiger partial charge on any atom is -0.491 e. The second kappa shape index (κ2) is 9.39. The molecule has 0 aliphatic rings. The van der Waals surface area contributed by atoms with Gasteiger partial charge in [0.15, 0.2) is 6.61 Å². The van der Waals surface area contributed by atoms with Gasteiger partial charge in [-0.15, -0.1) is 11.6 Å². The van der Waals surface area contributed by atoms with E-state index >= 15 is 0 Å². The minimum atomic E-state index is -5.66. The number of halogens is 6. The maximum atomic E-state index is 13.0. The number of aliphatic hydroxyl groups is 1. The van der Waals surface area contributed by atoms with Crippen LogP contribution in [0.4, 0.5) is 22.0 Å². The first-order valence-electron chi connectivity index (χ1n) is 9.02. The predicted octanol–water partition coefficient (Wildman–Crippen LogP) is 5.57. The van der Waals surface area contributed by atoms with Crippen molar-refractivity contribution in [2.45, 2.75) is 37.5 Å². The molecule has 0 radical (unpaired) electrons. The Labute approximate surface area is 176 Å². The van der Waals surface area contributed by atoms with E-state index in [-0.39, 0.29) is 18.2 Å². The summed E-state index contributed by atoms with van der Waals surface area (Å²) in [6, 6.07) is 13.1. The molecule has 2 rings (SSSR count). The first-order valence-corrected chi connectivity index (χ1v) is 9.55. The number of ether oxygens (including phenoxy) is 2. The van der Waals surface area contributed by atoms with Crippen molar-refractivity contribution in [1.82, 2.24) is 0 Å². The number of hydrogen-bond donors (Lipinski definition) is 1. The Morgan fingerprint density at radius 1 is 0.833 bits per heavy atom. The first kappa shape index (κ1) is 24.2. The Bertz CT molecular complexity index is 805. The highest BCUT2D eigenvalue weighted by molar-refractivity contribution is 6.18. The van der Waals surface area contributed by atoms with Crippen LogP contribution in [0.15, 0.2) is 48.5 Å². The van der Waals surface area contributed by atoms with Gasteiger partial charge < -0.3 is 14.6 Å². The van der Waals surface area contributed by atoms with Crippen molar-refractivity contribution in [2.24, 2.45) is 0 Å². The number of rotatable bonds is 9. The lowest BCUT2D eigenvalue weighted by molar-refractivity contribution is -0.290. The maximum absolute atomic E-state index is 13.0. The standard InChI is InChI=1S/C21H22ClF5O3/c1-19(2,14-3-7-17(8-4-14)29-12-16(28)11-22)15-5-9-18(10-6-15)30-13-20(23,24)21(25,26)27/h3-10,16,28H,11-13H2,1-2H3/t16-/m1/s1. The summed E-state index contributed by atoms with van der Waals surface area (Å²) in [5.41, 5.74) is 1.25. The number of aliphatic hydroxyl groups excluding tert-OH is 1. The third kappa shape index (κ3) is 5.98. The van der Waals surface area contributed by atoms with Crippen molar-refractivity contribution in [1.29, 1.82) is 0 Å². The van der Waals surface area contributed by atoms with Crippen LogP contribution in [0.2, 0.25) is 0 Å². The van der Waals surface area contributed by atoms with Gasteiger partial charge in [0.1, 0.15) is 24.2 Å². The molecular formula is C21H22ClF5O3. The van der Waals surface area contributed by atoms with Crippen LogP contribution < -0.4 is 9.47 Å². The van der Waals surface area contributed by atoms with E-state index in [9.17, 15) is 27.1 Å². The molecule has 1 N–H and O–H groups in total. The van der Waals surface area contributed by atoms with Gasteiger partial charge in [-0.05, 0) is 35.4 Å². The lowest BCUT2D eigenvalue weighted by Crippen LogP contribution is -2.41. The van der Waals surface area contributed by atoms with E-state index in [4.69, 9.17) is 16.3 Å². The molecule has 0 amide bonds. The fourth-order valence-corrected chi connectivity index (χ4v) is 2.68. The molecule has 0 saturated carbocycles. The summed E-state index contributed by atoms with van der Waals surface area (Å²) in [6.07, 6.45) is -6.42. The smallest absolute Gasteiger partial charge is 0.456 e. The Morgan fingerprint density at radius 3 is 1.67 bits per heavy atom. The molecule has 1 atom stereocenters. The van der Waals surface area contributed by atoms with Crippen molar-refractivity contribution in [3.05, 3.63) is 59.7 Å². The highest BCUT2D eigenvalue weighted by atomic mass is 35.5. The summed E-state index contributed by atoms with van der Waals surface area (Å²) in [5, 5.41) is 9.43. The van der Waals surface area contributed by atoms with Crippen LogP contribution in [0.3, 0.4) is 0 Å². The number of benzene rings is 2. The Hall–Kier alpha value is -2.06. The molecule has 0 aliphatic heterocycles. The van der Waals surface area contributed by atoms with Crippen molar-refractivity contribution in [3.8, 4) is 11.5 Å². The third-order valence-corrected chi connectivity index (χ3v) is 4.96. The van der Waals surface area contributed by atoms with Crippen LogP contribution in [0.1, 0.15) is 25.0 Å². The highest BCUT2D eigenvalue weighted by Crippen LogP contribution is 2.36. The van der Waals surface area contributed by atoms with Gasteiger partial charge in [0, 0.05) is 5.41 Å². The lowest BCUT2D eigenvalue weighted by atomic mass is 9.78. The van der Waals surface area contributed by atoms with E-state index in [1.165, 1.54) is 12.1 Å². The van der Waals surface area contributed by atoms with Gasteiger partial charge in [0.05, 0.1) is 5.88 Å². The summed E-state index contributed by atoms with van der Waals surface area (Å²) in [6.45, 7) is 2.17. The molecule has 3 nitrogen and oxygen atoms in total. The Balaban J connectivity index is 2.06. The molecule has 30 heavy (non-hydrogen) atoms. The Morgan fingerprint density at radius 2 is 1.27 bits per heavy atom. The van der Waals surface area contributed by atoms with Gasteiger partial charge in [0.2, 0.25) is 0 Å². The quantitative estimate of drug-likeness (QED) is 0.399. The number of alkyl halides is 6. The summed E-state index contributed by atoms with van der Waals surface area (Å²) >= 11 is 5.52. The normalized spacial score (nSPS) is 13.8.